The highest BCUT2D eigenvalue weighted by atomic mass is 16.5. The highest BCUT2D eigenvalue weighted by Gasteiger charge is 2.24. The largest absolute Gasteiger partial charge is 0.497 e. The molecule has 5 heteroatoms. The van der Waals surface area contributed by atoms with Gasteiger partial charge >= 0.3 is 0 Å². The lowest BCUT2D eigenvalue weighted by Gasteiger charge is -2.31. The number of piperidine rings is 1. The number of nitrogens with one attached hydrogen (secondary N) is 1. The van der Waals surface area contributed by atoms with E-state index >= 15 is 0 Å². The predicted molar refractivity (Wildman–Crippen MR) is 94.7 cm³/mol. The average molecular weight is 334 g/mol. The molecule has 0 radical (unpaired) electrons. The van der Waals surface area contributed by atoms with Gasteiger partial charge < -0.3 is 24.8 Å². The fourth-order valence-corrected chi connectivity index (χ4v) is 3.79. The molecular formula is C19H30N2O3. The second-order valence-corrected chi connectivity index (χ2v) is 7.05. The Morgan fingerprint density at radius 1 is 1.33 bits per heavy atom. The maximum absolute atomic E-state index is 9.01. The van der Waals surface area contributed by atoms with Crippen LogP contribution in [-0.2, 0) is 13.0 Å². The number of nitrogens with zero attached hydrogens (tertiary/aromatic N) is 1. The third-order valence-electron chi connectivity index (χ3n) is 5.15. The Morgan fingerprint density at radius 3 is 2.83 bits per heavy atom. The zero-order valence-electron chi connectivity index (χ0n) is 14.9. The number of hydrogen-bond donors (Lipinski definition) is 2. The number of β-amino-alcohol motifs (C(OH)–C–C–N with tert-alkyl or cyclic N) is 1. The van der Waals surface area contributed by atoms with Crippen molar-refractivity contribution in [2.24, 2.45) is 5.92 Å². The Morgan fingerprint density at radius 2 is 2.12 bits per heavy atom. The summed E-state index contributed by atoms with van der Waals surface area (Å²) in [5, 5.41) is 12.6. The van der Waals surface area contributed by atoms with Gasteiger partial charge in [0.05, 0.1) is 13.7 Å². The smallest absolute Gasteiger partial charge is 0.127 e. The highest BCUT2D eigenvalue weighted by Crippen LogP contribution is 2.36. The van der Waals surface area contributed by atoms with Crippen molar-refractivity contribution >= 4 is 0 Å². The molecule has 0 unspecified atom stereocenters. The first kappa shape index (κ1) is 17.5. The van der Waals surface area contributed by atoms with Crippen LogP contribution in [0, 0.1) is 5.92 Å². The molecule has 2 heterocycles. The van der Waals surface area contributed by atoms with Crippen molar-refractivity contribution in [1.29, 1.82) is 0 Å². The van der Waals surface area contributed by atoms with Gasteiger partial charge in [-0.05, 0) is 57.5 Å². The van der Waals surface area contributed by atoms with Gasteiger partial charge in [-0.25, -0.2) is 0 Å². The van der Waals surface area contributed by atoms with E-state index in [1.807, 2.05) is 0 Å². The molecule has 24 heavy (non-hydrogen) atoms. The molecule has 1 saturated heterocycles. The van der Waals surface area contributed by atoms with E-state index in [-0.39, 0.29) is 12.7 Å². The normalized spacial score (nSPS) is 21.5. The molecule has 1 aromatic carbocycles. The summed E-state index contributed by atoms with van der Waals surface area (Å²) in [6, 6.07) is 4.19. The lowest BCUT2D eigenvalue weighted by atomic mass is 9.96. The minimum Gasteiger partial charge on any atom is -0.497 e. The van der Waals surface area contributed by atoms with Gasteiger partial charge in [0.15, 0.2) is 0 Å². The Labute approximate surface area is 144 Å². The molecule has 0 saturated carbocycles. The van der Waals surface area contributed by atoms with E-state index in [1.54, 1.807) is 7.11 Å². The van der Waals surface area contributed by atoms with Crippen molar-refractivity contribution in [3.8, 4) is 11.5 Å². The molecule has 2 aliphatic rings. The number of aliphatic hydroxyl groups excluding tert-OH is 1. The van der Waals surface area contributed by atoms with Crippen molar-refractivity contribution in [2.75, 3.05) is 39.9 Å². The average Bonchev–Trinajstić information content (AvgIpc) is 2.97. The summed E-state index contributed by atoms with van der Waals surface area (Å²) in [7, 11) is 1.72. The SMILES string of the molecule is COc1cc(CNCC2CCN(CCO)CC2)c2c(c1)C[C@@H](C)O2. The summed E-state index contributed by atoms with van der Waals surface area (Å²) in [6.07, 6.45) is 3.62. The van der Waals surface area contributed by atoms with Crippen LogP contribution >= 0.6 is 0 Å². The molecule has 134 valence electrons. The van der Waals surface area contributed by atoms with E-state index in [9.17, 15) is 0 Å². The van der Waals surface area contributed by atoms with Crippen LogP contribution < -0.4 is 14.8 Å². The molecule has 0 amide bonds. The third-order valence-corrected chi connectivity index (χ3v) is 5.15. The number of hydrogen-bond acceptors (Lipinski definition) is 5. The Bertz CT molecular complexity index is 542. The predicted octanol–water partition coefficient (Wildman–Crippen LogP) is 1.81. The van der Waals surface area contributed by atoms with Gasteiger partial charge in [0, 0.05) is 30.6 Å². The Kier molecular flexibility index (Phi) is 5.98. The van der Waals surface area contributed by atoms with Gasteiger partial charge in [-0.15, -0.1) is 0 Å². The number of aliphatic hydroxyl groups is 1. The fourth-order valence-electron chi connectivity index (χ4n) is 3.79. The van der Waals surface area contributed by atoms with Crippen LogP contribution in [0.2, 0.25) is 0 Å². The second kappa shape index (κ2) is 8.19. The zero-order valence-corrected chi connectivity index (χ0v) is 14.9. The van der Waals surface area contributed by atoms with E-state index in [1.165, 1.54) is 24.0 Å². The zero-order chi connectivity index (χ0) is 16.9. The molecule has 2 aliphatic heterocycles. The molecule has 0 aliphatic carbocycles. The molecule has 1 fully saturated rings. The first-order valence-corrected chi connectivity index (χ1v) is 9.10. The summed E-state index contributed by atoms with van der Waals surface area (Å²) in [4.78, 5) is 2.35. The first-order valence-electron chi connectivity index (χ1n) is 9.10. The standard InChI is InChI=1S/C19H30N2O3/c1-14-9-16-10-18(23-2)11-17(19(16)24-14)13-20-12-15-3-5-21(6-4-15)7-8-22/h10-11,14-15,20,22H,3-9,12-13H2,1-2H3/t14-/m1/s1. The van der Waals surface area contributed by atoms with Crippen molar-refractivity contribution in [3.05, 3.63) is 23.3 Å². The molecule has 0 bridgehead atoms. The van der Waals surface area contributed by atoms with Gasteiger partial charge in [-0.1, -0.05) is 0 Å². The summed E-state index contributed by atoms with van der Waals surface area (Å²) < 4.78 is 11.4. The van der Waals surface area contributed by atoms with Crippen molar-refractivity contribution in [3.63, 3.8) is 0 Å². The minimum atomic E-state index is 0.252. The number of methoxy groups -OCH3 is 1. The number of fused-ring (bicyclic) bond motifs is 1. The lowest BCUT2D eigenvalue weighted by molar-refractivity contribution is 0.146. The summed E-state index contributed by atoms with van der Waals surface area (Å²) in [5.41, 5.74) is 2.46. The minimum absolute atomic E-state index is 0.252. The van der Waals surface area contributed by atoms with Gasteiger partial charge in [0.1, 0.15) is 17.6 Å². The van der Waals surface area contributed by atoms with Gasteiger partial charge in [-0.2, -0.15) is 0 Å². The highest BCUT2D eigenvalue weighted by molar-refractivity contribution is 5.49. The van der Waals surface area contributed by atoms with Crippen LogP contribution in [-0.4, -0.2) is 56.0 Å². The maximum atomic E-state index is 9.01. The first-order chi connectivity index (χ1) is 11.7. The number of likely N-dealkylation sites (tertiary alicyclic amines) is 1. The molecule has 5 nitrogen and oxygen atoms in total. The van der Waals surface area contributed by atoms with E-state index in [2.05, 4.69) is 29.3 Å². The summed E-state index contributed by atoms with van der Waals surface area (Å²) in [5.74, 6) is 2.69. The molecule has 3 rings (SSSR count). The van der Waals surface area contributed by atoms with Crippen molar-refractivity contribution < 1.29 is 14.6 Å². The number of ether oxygens (including phenoxy) is 2. The summed E-state index contributed by atoms with van der Waals surface area (Å²) in [6.45, 7) is 7.25. The topological polar surface area (TPSA) is 54.0 Å². The second-order valence-electron chi connectivity index (χ2n) is 7.05. The van der Waals surface area contributed by atoms with E-state index in [0.29, 0.717) is 0 Å². The van der Waals surface area contributed by atoms with E-state index in [4.69, 9.17) is 14.6 Å². The van der Waals surface area contributed by atoms with Crippen LogP contribution in [0.3, 0.4) is 0 Å². The Hall–Kier alpha value is -1.30. The fraction of sp³-hybridized carbons (Fsp3) is 0.684. The molecular weight excluding hydrogens is 304 g/mol. The van der Waals surface area contributed by atoms with Crippen LogP contribution in [0.15, 0.2) is 12.1 Å². The molecule has 0 aromatic heterocycles. The van der Waals surface area contributed by atoms with E-state index < -0.39 is 0 Å². The van der Waals surface area contributed by atoms with Crippen molar-refractivity contribution in [2.45, 2.75) is 38.8 Å². The molecule has 1 aromatic rings. The van der Waals surface area contributed by atoms with Gasteiger partial charge in [-0.3, -0.25) is 0 Å². The van der Waals surface area contributed by atoms with Gasteiger partial charge in [0.25, 0.3) is 0 Å². The third kappa shape index (κ3) is 4.21. The quantitative estimate of drug-likeness (QED) is 0.796. The van der Waals surface area contributed by atoms with E-state index in [0.717, 1.165) is 56.6 Å². The molecule has 0 spiro atoms. The molecule has 2 N–H and O–H groups in total. The number of benzene rings is 1. The van der Waals surface area contributed by atoms with Gasteiger partial charge in [0.2, 0.25) is 0 Å². The lowest BCUT2D eigenvalue weighted by Crippen LogP contribution is -2.38. The summed E-state index contributed by atoms with van der Waals surface area (Å²) >= 11 is 0. The monoisotopic (exact) mass is 334 g/mol. The maximum Gasteiger partial charge on any atom is 0.127 e. The molecule has 1 atom stereocenters. The van der Waals surface area contributed by atoms with Crippen molar-refractivity contribution in [1.82, 2.24) is 10.2 Å². The van der Waals surface area contributed by atoms with Crippen LogP contribution in [0.5, 0.6) is 11.5 Å². The van der Waals surface area contributed by atoms with Crippen LogP contribution in [0.25, 0.3) is 0 Å². The number of rotatable bonds is 7. The van der Waals surface area contributed by atoms with Crippen LogP contribution in [0.4, 0.5) is 0 Å². The van der Waals surface area contributed by atoms with Crippen LogP contribution in [0.1, 0.15) is 30.9 Å². The Balaban J connectivity index is 1.51.